The lowest BCUT2D eigenvalue weighted by atomic mass is 10.2. The molecule has 2 aromatic rings. The molecule has 0 heterocycles. The van der Waals surface area contributed by atoms with Gasteiger partial charge in [-0.3, -0.25) is 0 Å². The molecule has 2 nitrogen and oxygen atoms in total. The summed E-state index contributed by atoms with van der Waals surface area (Å²) in [5.74, 6) is 0.453. The second kappa shape index (κ2) is 5.20. The average Bonchev–Trinajstić information content (AvgIpc) is 2.35. The van der Waals surface area contributed by atoms with Crippen molar-refractivity contribution in [2.45, 2.75) is 12.6 Å². The Morgan fingerprint density at radius 2 is 1.71 bits per heavy atom. The lowest BCUT2D eigenvalue weighted by Gasteiger charge is -2.13. The number of phenolic OH excluding ortho intramolecular Hbond substituents is 2. The molecule has 0 saturated carbocycles. The number of hydrogen-bond donors (Lipinski definition) is 2. The molecule has 0 aromatic heterocycles. The van der Waals surface area contributed by atoms with Gasteiger partial charge in [-0.1, -0.05) is 45.8 Å². The van der Waals surface area contributed by atoms with Crippen molar-refractivity contribution in [3.8, 4) is 11.5 Å². The van der Waals surface area contributed by atoms with Crippen LogP contribution in [0.1, 0.15) is 18.1 Å². The van der Waals surface area contributed by atoms with E-state index in [2.05, 4.69) is 19.1 Å². The van der Waals surface area contributed by atoms with E-state index in [4.69, 9.17) is 0 Å². The van der Waals surface area contributed by atoms with Crippen LogP contribution in [0, 0.1) is 0 Å². The molecule has 17 heavy (non-hydrogen) atoms. The monoisotopic (exact) mass is 246 g/mol. The Morgan fingerprint density at radius 3 is 2.41 bits per heavy atom. The summed E-state index contributed by atoms with van der Waals surface area (Å²) in [4.78, 5) is 0. The second-order valence-electron chi connectivity index (χ2n) is 3.98. The molecule has 3 heteroatoms. The molecule has 0 bridgehead atoms. The maximum Gasteiger partial charge on any atom is 0.123 e. The number of benzene rings is 2. The molecule has 0 radical (unpaired) electrons. The van der Waals surface area contributed by atoms with Crippen LogP contribution in [-0.4, -0.2) is 10.2 Å². The third-order valence-corrected chi connectivity index (χ3v) is 4.13. The Labute approximate surface area is 103 Å². The lowest BCUT2D eigenvalue weighted by molar-refractivity contribution is 0.464. The highest BCUT2D eigenvalue weighted by atomic mass is 31.1. The second-order valence-corrected chi connectivity index (χ2v) is 5.67. The van der Waals surface area contributed by atoms with Crippen molar-refractivity contribution in [2.24, 2.45) is 0 Å². The smallest absolute Gasteiger partial charge is 0.123 e. The quantitative estimate of drug-likeness (QED) is 0.645. The third kappa shape index (κ3) is 2.98. The predicted molar refractivity (Wildman–Crippen MR) is 72.6 cm³/mol. The summed E-state index contributed by atoms with van der Waals surface area (Å²) < 4.78 is 0. The van der Waals surface area contributed by atoms with Gasteiger partial charge in [-0.15, -0.1) is 0 Å². The van der Waals surface area contributed by atoms with Gasteiger partial charge in [0.1, 0.15) is 11.5 Å². The van der Waals surface area contributed by atoms with Crippen LogP contribution in [0.25, 0.3) is 0 Å². The highest BCUT2D eigenvalue weighted by molar-refractivity contribution is 7.47. The van der Waals surface area contributed by atoms with Crippen molar-refractivity contribution in [3.05, 3.63) is 54.1 Å². The third-order valence-electron chi connectivity index (χ3n) is 2.65. The fourth-order valence-corrected chi connectivity index (χ4v) is 2.99. The largest absolute Gasteiger partial charge is 0.508 e. The first-order valence-electron chi connectivity index (χ1n) is 5.50. The minimum Gasteiger partial charge on any atom is -0.508 e. The molecule has 2 aromatic carbocycles. The molecule has 0 fully saturated rings. The van der Waals surface area contributed by atoms with Gasteiger partial charge in [-0.05, 0) is 23.8 Å². The van der Waals surface area contributed by atoms with Crippen LogP contribution in [0.3, 0.4) is 0 Å². The highest BCUT2D eigenvalue weighted by Crippen LogP contribution is 2.36. The summed E-state index contributed by atoms with van der Waals surface area (Å²) >= 11 is 0. The van der Waals surface area contributed by atoms with Gasteiger partial charge in [-0.2, -0.15) is 0 Å². The van der Waals surface area contributed by atoms with Gasteiger partial charge in [0, 0.05) is 11.0 Å². The van der Waals surface area contributed by atoms with E-state index in [1.807, 2.05) is 18.2 Å². The summed E-state index contributed by atoms with van der Waals surface area (Å²) in [5.41, 5.74) is 1.58. The van der Waals surface area contributed by atoms with E-state index >= 15 is 0 Å². The molecule has 2 rings (SSSR count). The summed E-state index contributed by atoms with van der Waals surface area (Å²) in [5, 5.41) is 19.9. The van der Waals surface area contributed by atoms with Crippen molar-refractivity contribution in [1.82, 2.24) is 0 Å². The van der Waals surface area contributed by atoms with Gasteiger partial charge < -0.3 is 10.2 Å². The molecule has 0 spiro atoms. The predicted octanol–water partition coefficient (Wildman–Crippen LogP) is 3.16. The van der Waals surface area contributed by atoms with Crippen LogP contribution in [0.5, 0.6) is 11.5 Å². The Balaban J connectivity index is 2.18. The van der Waals surface area contributed by atoms with Gasteiger partial charge in [0.25, 0.3) is 0 Å². The number of aromatic hydroxyl groups is 2. The zero-order valence-corrected chi connectivity index (χ0v) is 10.6. The van der Waals surface area contributed by atoms with Gasteiger partial charge in [-0.25, -0.2) is 0 Å². The van der Waals surface area contributed by atoms with Crippen molar-refractivity contribution < 1.29 is 10.2 Å². The van der Waals surface area contributed by atoms with Gasteiger partial charge in [0.2, 0.25) is 0 Å². The van der Waals surface area contributed by atoms with E-state index in [1.165, 1.54) is 17.7 Å². The van der Waals surface area contributed by atoms with Crippen molar-refractivity contribution in [3.63, 3.8) is 0 Å². The first-order valence-corrected chi connectivity index (χ1v) is 6.58. The van der Waals surface area contributed by atoms with E-state index in [9.17, 15) is 10.2 Å². The standard InChI is InChI=1S/C14H15O2P/c1-10(11-5-3-2-4-6-11)17-14-9-12(15)7-8-13(14)16/h2-10,15-17H,1H3. The fraction of sp³-hybridized carbons (Fsp3) is 0.143. The summed E-state index contributed by atoms with van der Waals surface area (Å²) in [6, 6.07) is 14.8. The maximum absolute atomic E-state index is 9.73. The zero-order chi connectivity index (χ0) is 12.3. The van der Waals surface area contributed by atoms with E-state index in [1.54, 1.807) is 6.07 Å². The van der Waals surface area contributed by atoms with Crippen LogP contribution in [0.4, 0.5) is 0 Å². The zero-order valence-electron chi connectivity index (χ0n) is 9.59. The van der Waals surface area contributed by atoms with Crippen LogP contribution in [0.15, 0.2) is 48.5 Å². The molecule has 2 unspecified atom stereocenters. The number of rotatable bonds is 3. The lowest BCUT2D eigenvalue weighted by Crippen LogP contribution is -1.98. The molecular weight excluding hydrogens is 231 g/mol. The molecule has 0 aliphatic carbocycles. The van der Waals surface area contributed by atoms with Crippen molar-refractivity contribution in [1.29, 1.82) is 0 Å². The summed E-state index contributed by atoms with van der Waals surface area (Å²) in [6.07, 6.45) is 0. The molecule has 88 valence electrons. The van der Waals surface area contributed by atoms with E-state index < -0.39 is 0 Å². The maximum atomic E-state index is 9.73. The SMILES string of the molecule is CC(Pc1cc(O)ccc1O)c1ccccc1. The fourth-order valence-electron chi connectivity index (χ4n) is 1.70. The van der Waals surface area contributed by atoms with E-state index in [0.717, 1.165) is 5.30 Å². The van der Waals surface area contributed by atoms with Crippen LogP contribution in [-0.2, 0) is 0 Å². The van der Waals surface area contributed by atoms with E-state index in [0.29, 0.717) is 14.2 Å². The molecular formula is C14H15O2P. The molecule has 0 aliphatic rings. The van der Waals surface area contributed by atoms with Crippen LogP contribution < -0.4 is 5.30 Å². The Kier molecular flexibility index (Phi) is 3.65. The minimum atomic E-state index is 0.200. The Bertz CT molecular complexity index is 497. The highest BCUT2D eigenvalue weighted by Gasteiger charge is 2.09. The number of hydrogen-bond acceptors (Lipinski definition) is 2. The van der Waals surface area contributed by atoms with Crippen LogP contribution in [0.2, 0.25) is 0 Å². The first kappa shape index (κ1) is 11.9. The first-order chi connectivity index (χ1) is 8.16. The minimum absolute atomic E-state index is 0.200. The summed E-state index contributed by atoms with van der Waals surface area (Å²) in [6.45, 7) is 2.12. The molecule has 0 amide bonds. The van der Waals surface area contributed by atoms with Gasteiger partial charge in [0.15, 0.2) is 0 Å². The van der Waals surface area contributed by atoms with Crippen molar-refractivity contribution in [2.75, 3.05) is 0 Å². The Hall–Kier alpha value is -1.53. The molecule has 2 atom stereocenters. The molecule has 0 saturated heterocycles. The van der Waals surface area contributed by atoms with Crippen LogP contribution >= 0.6 is 8.58 Å². The summed E-state index contributed by atoms with van der Waals surface area (Å²) in [7, 11) is 0.441. The molecule has 2 N–H and O–H groups in total. The normalized spacial score (nSPS) is 13.0. The van der Waals surface area contributed by atoms with Gasteiger partial charge >= 0.3 is 0 Å². The number of phenols is 2. The molecule has 0 aliphatic heterocycles. The van der Waals surface area contributed by atoms with Crippen molar-refractivity contribution >= 4 is 13.9 Å². The van der Waals surface area contributed by atoms with E-state index in [-0.39, 0.29) is 11.5 Å². The average molecular weight is 246 g/mol. The van der Waals surface area contributed by atoms with Gasteiger partial charge in [0.05, 0.1) is 0 Å². The Morgan fingerprint density at radius 1 is 1.00 bits per heavy atom. The topological polar surface area (TPSA) is 40.5 Å².